The Bertz CT molecular complexity index is 901. The number of nitrogens with one attached hydrogen (secondary N) is 1. The Labute approximate surface area is 161 Å². The van der Waals surface area contributed by atoms with Crippen molar-refractivity contribution in [2.75, 3.05) is 20.0 Å². The van der Waals surface area contributed by atoms with Crippen LogP contribution in [0.1, 0.15) is 26.9 Å². The fourth-order valence-corrected chi connectivity index (χ4v) is 5.00. The molecule has 140 valence electrons. The largest absolute Gasteiger partial charge is 0.493 e. The van der Waals surface area contributed by atoms with E-state index in [1.54, 1.807) is 30.9 Å². The quantitative estimate of drug-likeness (QED) is 0.858. The molecule has 0 unspecified atom stereocenters. The number of hydrogen-bond acceptors (Lipinski definition) is 5. The average Bonchev–Trinajstić information content (AvgIpc) is 3.26. The van der Waals surface area contributed by atoms with Gasteiger partial charge in [-0.3, -0.25) is 9.59 Å². The second-order valence-electron chi connectivity index (χ2n) is 6.41. The minimum Gasteiger partial charge on any atom is -0.493 e. The molecule has 2 amide bonds. The van der Waals surface area contributed by atoms with Gasteiger partial charge in [-0.25, -0.2) is 0 Å². The highest BCUT2D eigenvalue weighted by atomic mass is 32.2. The van der Waals surface area contributed by atoms with E-state index in [1.807, 2.05) is 42.5 Å². The molecule has 0 aromatic heterocycles. The molecule has 0 bridgehead atoms. The molecule has 1 N–H and O–H groups in total. The van der Waals surface area contributed by atoms with Crippen LogP contribution in [0.25, 0.3) is 0 Å². The van der Waals surface area contributed by atoms with Crippen molar-refractivity contribution in [2.45, 2.75) is 18.0 Å². The summed E-state index contributed by atoms with van der Waals surface area (Å²) in [5.74, 6) is 1.66. The number of nitrogens with zero attached hydrogens (tertiary/aromatic N) is 1. The Morgan fingerprint density at radius 2 is 1.96 bits per heavy atom. The first-order valence-corrected chi connectivity index (χ1v) is 9.70. The van der Waals surface area contributed by atoms with Crippen molar-refractivity contribution in [3.8, 4) is 11.5 Å². The number of carbonyl (C=O) groups is 2. The van der Waals surface area contributed by atoms with Crippen molar-refractivity contribution in [3.63, 3.8) is 0 Å². The van der Waals surface area contributed by atoms with Gasteiger partial charge in [-0.1, -0.05) is 24.3 Å². The first-order valence-electron chi connectivity index (χ1n) is 8.66. The van der Waals surface area contributed by atoms with Crippen LogP contribution in [0.2, 0.25) is 0 Å². The van der Waals surface area contributed by atoms with Crippen LogP contribution in [0, 0.1) is 0 Å². The van der Waals surface area contributed by atoms with Gasteiger partial charge in [0, 0.05) is 17.9 Å². The SMILES string of the molecule is COc1ccc(CNC(=O)[C@H]2CS[C@@H]3c4ccccc4C(=O)N23)cc1OC. The summed E-state index contributed by atoms with van der Waals surface area (Å²) >= 11 is 1.64. The van der Waals surface area contributed by atoms with Crippen LogP contribution in [0.4, 0.5) is 0 Å². The third-order valence-electron chi connectivity index (χ3n) is 4.91. The summed E-state index contributed by atoms with van der Waals surface area (Å²) in [7, 11) is 3.16. The third-order valence-corrected chi connectivity index (χ3v) is 6.21. The minimum absolute atomic E-state index is 0.0631. The number of ether oxygens (including phenoxy) is 2. The number of carbonyl (C=O) groups excluding carboxylic acids is 2. The highest BCUT2D eigenvalue weighted by molar-refractivity contribution is 7.99. The number of hydrogen-bond donors (Lipinski definition) is 1. The van der Waals surface area contributed by atoms with Crippen LogP contribution in [-0.4, -0.2) is 42.7 Å². The lowest BCUT2D eigenvalue weighted by Gasteiger charge is -2.22. The predicted octanol–water partition coefficient (Wildman–Crippen LogP) is 2.59. The molecule has 2 aromatic carbocycles. The van der Waals surface area contributed by atoms with Crippen LogP contribution in [0.5, 0.6) is 11.5 Å². The normalized spacial score (nSPS) is 20.2. The summed E-state index contributed by atoms with van der Waals surface area (Å²) < 4.78 is 10.5. The van der Waals surface area contributed by atoms with Crippen molar-refractivity contribution in [1.82, 2.24) is 10.2 Å². The highest BCUT2D eigenvalue weighted by Gasteiger charge is 2.48. The fraction of sp³-hybridized carbons (Fsp3) is 0.300. The molecule has 7 heteroatoms. The first-order chi connectivity index (χ1) is 13.1. The zero-order valence-corrected chi connectivity index (χ0v) is 15.9. The number of methoxy groups -OCH3 is 2. The summed E-state index contributed by atoms with van der Waals surface area (Å²) in [4.78, 5) is 27.2. The van der Waals surface area contributed by atoms with Crippen molar-refractivity contribution < 1.29 is 19.1 Å². The number of amides is 2. The molecule has 1 saturated heterocycles. The maximum absolute atomic E-state index is 12.8. The number of rotatable bonds is 5. The first kappa shape index (κ1) is 17.7. The van der Waals surface area contributed by atoms with Crippen molar-refractivity contribution in [3.05, 3.63) is 59.2 Å². The Morgan fingerprint density at radius 3 is 2.74 bits per heavy atom. The van der Waals surface area contributed by atoms with Gasteiger partial charge in [-0.05, 0) is 29.3 Å². The molecule has 0 aliphatic carbocycles. The third kappa shape index (κ3) is 3.02. The Kier molecular flexibility index (Phi) is 4.70. The molecule has 4 rings (SSSR count). The molecular weight excluding hydrogens is 364 g/mol. The van der Waals surface area contributed by atoms with Crippen LogP contribution in [0.15, 0.2) is 42.5 Å². The predicted molar refractivity (Wildman–Crippen MR) is 103 cm³/mol. The molecule has 27 heavy (non-hydrogen) atoms. The Balaban J connectivity index is 1.45. The average molecular weight is 384 g/mol. The summed E-state index contributed by atoms with van der Waals surface area (Å²) in [6.07, 6.45) is 0. The standard InChI is InChI=1S/C20H20N2O4S/c1-25-16-8-7-12(9-17(16)26-2)10-21-18(23)15-11-27-20-14-6-4-3-5-13(14)19(24)22(15)20/h3-9,15,20H,10-11H2,1-2H3,(H,21,23)/t15-,20-/m1/s1. The molecule has 2 aliphatic rings. The van der Waals surface area contributed by atoms with E-state index in [9.17, 15) is 9.59 Å². The molecule has 6 nitrogen and oxygen atoms in total. The zero-order valence-electron chi connectivity index (χ0n) is 15.1. The molecule has 0 spiro atoms. The summed E-state index contributed by atoms with van der Waals surface area (Å²) in [6, 6.07) is 12.6. The van der Waals surface area contributed by atoms with E-state index in [0.29, 0.717) is 29.4 Å². The second kappa shape index (κ2) is 7.15. The molecular formula is C20H20N2O4S. The van der Waals surface area contributed by atoms with E-state index in [4.69, 9.17) is 9.47 Å². The molecule has 2 atom stereocenters. The monoisotopic (exact) mass is 384 g/mol. The number of thioether (sulfide) groups is 1. The molecule has 2 aromatic rings. The maximum atomic E-state index is 12.8. The van der Waals surface area contributed by atoms with Crippen molar-refractivity contribution in [1.29, 1.82) is 0 Å². The van der Waals surface area contributed by atoms with E-state index in [0.717, 1.165) is 11.1 Å². The summed E-state index contributed by atoms with van der Waals surface area (Å²) in [6.45, 7) is 0.361. The fourth-order valence-electron chi connectivity index (χ4n) is 3.54. The summed E-state index contributed by atoms with van der Waals surface area (Å²) in [5, 5.41) is 2.88. The molecule has 0 radical (unpaired) electrons. The molecule has 1 fully saturated rings. The second-order valence-corrected chi connectivity index (χ2v) is 7.52. The van der Waals surface area contributed by atoms with Gasteiger partial charge >= 0.3 is 0 Å². The number of benzene rings is 2. The van der Waals surface area contributed by atoms with Gasteiger partial charge in [0.1, 0.15) is 11.4 Å². The van der Waals surface area contributed by atoms with Gasteiger partial charge in [-0.2, -0.15) is 0 Å². The van der Waals surface area contributed by atoms with Crippen LogP contribution < -0.4 is 14.8 Å². The van der Waals surface area contributed by atoms with E-state index >= 15 is 0 Å². The molecule has 2 aliphatic heterocycles. The van der Waals surface area contributed by atoms with E-state index in [-0.39, 0.29) is 17.2 Å². The smallest absolute Gasteiger partial charge is 0.256 e. The van der Waals surface area contributed by atoms with Crippen LogP contribution in [-0.2, 0) is 11.3 Å². The van der Waals surface area contributed by atoms with E-state index in [2.05, 4.69) is 5.32 Å². The van der Waals surface area contributed by atoms with Gasteiger partial charge in [0.25, 0.3) is 5.91 Å². The van der Waals surface area contributed by atoms with Gasteiger partial charge < -0.3 is 19.7 Å². The minimum atomic E-state index is -0.458. The van der Waals surface area contributed by atoms with Crippen LogP contribution in [0.3, 0.4) is 0 Å². The van der Waals surface area contributed by atoms with E-state index < -0.39 is 6.04 Å². The van der Waals surface area contributed by atoms with Gasteiger partial charge in [-0.15, -0.1) is 11.8 Å². The Morgan fingerprint density at radius 1 is 1.19 bits per heavy atom. The van der Waals surface area contributed by atoms with Crippen molar-refractivity contribution >= 4 is 23.6 Å². The zero-order chi connectivity index (χ0) is 19.0. The van der Waals surface area contributed by atoms with Crippen LogP contribution >= 0.6 is 11.8 Å². The van der Waals surface area contributed by atoms with Gasteiger partial charge in [0.05, 0.1) is 14.2 Å². The Hall–Kier alpha value is -2.67. The number of fused-ring (bicyclic) bond motifs is 3. The molecule has 2 heterocycles. The van der Waals surface area contributed by atoms with Gasteiger partial charge in [0.15, 0.2) is 11.5 Å². The molecule has 0 saturated carbocycles. The lowest BCUT2D eigenvalue weighted by molar-refractivity contribution is -0.124. The highest BCUT2D eigenvalue weighted by Crippen LogP contribution is 2.48. The maximum Gasteiger partial charge on any atom is 0.256 e. The van der Waals surface area contributed by atoms with Crippen molar-refractivity contribution in [2.24, 2.45) is 0 Å². The topological polar surface area (TPSA) is 67.9 Å². The van der Waals surface area contributed by atoms with E-state index in [1.165, 1.54) is 0 Å². The lowest BCUT2D eigenvalue weighted by atomic mass is 10.1. The lowest BCUT2D eigenvalue weighted by Crippen LogP contribution is -2.45. The summed E-state index contributed by atoms with van der Waals surface area (Å²) in [5.41, 5.74) is 2.61. The van der Waals surface area contributed by atoms with Gasteiger partial charge in [0.2, 0.25) is 5.91 Å².